The summed E-state index contributed by atoms with van der Waals surface area (Å²) in [5.41, 5.74) is 3.44. The van der Waals surface area contributed by atoms with E-state index in [-0.39, 0.29) is 5.75 Å². The first-order valence-electron chi connectivity index (χ1n) is 15.7. The molecule has 2 aromatic rings. The van der Waals surface area contributed by atoms with E-state index >= 15 is 0 Å². The summed E-state index contributed by atoms with van der Waals surface area (Å²) < 4.78 is 5.96. The van der Waals surface area contributed by atoms with Crippen LogP contribution in [-0.2, 0) is 5.41 Å². The molecule has 0 unspecified atom stereocenters. The Hall–Kier alpha value is -2.29. The third kappa shape index (κ3) is 7.01. The fourth-order valence-corrected chi connectivity index (χ4v) is 7.99. The lowest BCUT2D eigenvalue weighted by Gasteiger charge is -2.57. The lowest BCUT2D eigenvalue weighted by molar-refractivity contribution is -0.00518. The van der Waals surface area contributed by atoms with Gasteiger partial charge in [-0.05, 0) is 116 Å². The molecule has 0 aliphatic heterocycles. The van der Waals surface area contributed by atoms with Crippen molar-refractivity contribution in [2.45, 2.75) is 115 Å². The van der Waals surface area contributed by atoms with Gasteiger partial charge < -0.3 is 9.84 Å². The van der Waals surface area contributed by atoms with Crippen LogP contribution >= 0.6 is 0 Å². The number of ether oxygens (including phenoxy) is 1. The summed E-state index contributed by atoms with van der Waals surface area (Å²) >= 11 is 0. The number of aromatic hydroxyl groups is 1. The predicted molar refractivity (Wildman–Crippen MR) is 159 cm³/mol. The average Bonchev–Trinajstić information content (AvgIpc) is 2.91. The molecule has 206 valence electrons. The number of hydrogen-bond donors (Lipinski definition) is 1. The van der Waals surface area contributed by atoms with E-state index < -0.39 is 0 Å². The SMILES string of the molecule is CCCCCCCCCCCCOc1ccc(C=Nc2cc(C34CC5CC(CC(C5)C3)C4)ccc2O)cc1. The largest absolute Gasteiger partial charge is 0.506 e. The second-order valence-electron chi connectivity index (χ2n) is 12.8. The smallest absolute Gasteiger partial charge is 0.141 e. The van der Waals surface area contributed by atoms with Crippen LogP contribution in [0.5, 0.6) is 11.5 Å². The minimum Gasteiger partial charge on any atom is -0.506 e. The number of nitrogens with zero attached hydrogens (tertiary/aromatic N) is 1. The highest BCUT2D eigenvalue weighted by atomic mass is 16.5. The molecule has 4 bridgehead atoms. The van der Waals surface area contributed by atoms with Crippen LogP contribution in [0.2, 0.25) is 0 Å². The monoisotopic (exact) mass is 515 g/mol. The molecule has 0 aromatic heterocycles. The van der Waals surface area contributed by atoms with Crippen molar-refractivity contribution >= 4 is 11.9 Å². The summed E-state index contributed by atoms with van der Waals surface area (Å²) in [6.07, 6.45) is 23.6. The minimum atomic E-state index is 0.270. The molecule has 6 rings (SSSR count). The fraction of sp³-hybridized carbons (Fsp3) is 0.629. The van der Waals surface area contributed by atoms with Crippen molar-refractivity contribution < 1.29 is 9.84 Å². The summed E-state index contributed by atoms with van der Waals surface area (Å²) in [5, 5.41) is 10.5. The summed E-state index contributed by atoms with van der Waals surface area (Å²) in [4.78, 5) is 4.71. The molecule has 0 atom stereocenters. The van der Waals surface area contributed by atoms with Gasteiger partial charge in [-0.25, -0.2) is 0 Å². The molecule has 38 heavy (non-hydrogen) atoms. The molecule has 0 amide bonds. The number of benzene rings is 2. The van der Waals surface area contributed by atoms with Crippen molar-refractivity contribution in [2.24, 2.45) is 22.7 Å². The molecule has 0 heterocycles. The average molecular weight is 516 g/mol. The Morgan fingerprint density at radius 3 is 1.97 bits per heavy atom. The van der Waals surface area contributed by atoms with Crippen LogP contribution in [0.15, 0.2) is 47.5 Å². The predicted octanol–water partition coefficient (Wildman–Crippen LogP) is 9.91. The van der Waals surface area contributed by atoms with E-state index in [0.29, 0.717) is 11.1 Å². The molecular formula is C35H49NO2. The molecule has 0 spiro atoms. The zero-order valence-corrected chi connectivity index (χ0v) is 23.7. The van der Waals surface area contributed by atoms with Gasteiger partial charge in [0.25, 0.3) is 0 Å². The maximum atomic E-state index is 10.5. The van der Waals surface area contributed by atoms with E-state index in [1.165, 1.54) is 102 Å². The zero-order chi connectivity index (χ0) is 26.2. The van der Waals surface area contributed by atoms with Gasteiger partial charge >= 0.3 is 0 Å². The van der Waals surface area contributed by atoms with Crippen molar-refractivity contribution in [1.29, 1.82) is 0 Å². The van der Waals surface area contributed by atoms with E-state index in [1.807, 2.05) is 24.4 Å². The Kier molecular flexibility index (Phi) is 9.46. The van der Waals surface area contributed by atoms with Gasteiger partial charge in [0.2, 0.25) is 0 Å². The van der Waals surface area contributed by atoms with Gasteiger partial charge in [0, 0.05) is 6.21 Å². The number of hydrogen-bond acceptors (Lipinski definition) is 3. The Bertz CT molecular complexity index is 1010. The van der Waals surface area contributed by atoms with Crippen molar-refractivity contribution in [3.8, 4) is 11.5 Å². The Morgan fingerprint density at radius 1 is 0.789 bits per heavy atom. The normalized spacial score (nSPS) is 25.9. The lowest BCUT2D eigenvalue weighted by atomic mass is 9.48. The van der Waals surface area contributed by atoms with Crippen LogP contribution in [0.1, 0.15) is 121 Å². The molecule has 0 saturated heterocycles. The number of unbranched alkanes of at least 4 members (excludes halogenated alkanes) is 9. The summed E-state index contributed by atoms with van der Waals surface area (Å²) in [6, 6.07) is 14.4. The molecule has 3 heteroatoms. The Labute approximate surface area is 231 Å². The highest BCUT2D eigenvalue weighted by molar-refractivity contribution is 5.83. The quantitative estimate of drug-likeness (QED) is 0.189. The molecule has 4 fully saturated rings. The number of aliphatic imine (C=N–C) groups is 1. The van der Waals surface area contributed by atoms with Gasteiger partial charge in [0.05, 0.1) is 6.61 Å². The van der Waals surface area contributed by atoms with Crippen LogP contribution in [0.25, 0.3) is 0 Å². The molecule has 1 N–H and O–H groups in total. The first-order valence-corrected chi connectivity index (χ1v) is 15.7. The maximum Gasteiger partial charge on any atom is 0.141 e. The third-order valence-corrected chi connectivity index (χ3v) is 9.63. The number of phenolic OH excluding ortho intramolecular Hbond substituents is 1. The molecule has 3 nitrogen and oxygen atoms in total. The van der Waals surface area contributed by atoms with Gasteiger partial charge in [0.1, 0.15) is 17.2 Å². The number of phenols is 1. The van der Waals surface area contributed by atoms with Crippen molar-refractivity contribution in [2.75, 3.05) is 6.61 Å². The van der Waals surface area contributed by atoms with E-state index in [4.69, 9.17) is 9.73 Å². The summed E-state index contributed by atoms with van der Waals surface area (Å²) in [5.74, 6) is 3.92. The Morgan fingerprint density at radius 2 is 1.37 bits per heavy atom. The topological polar surface area (TPSA) is 41.8 Å². The van der Waals surface area contributed by atoms with Crippen LogP contribution in [0.3, 0.4) is 0 Å². The van der Waals surface area contributed by atoms with Gasteiger partial charge in [0.15, 0.2) is 0 Å². The second-order valence-corrected chi connectivity index (χ2v) is 12.8. The highest BCUT2D eigenvalue weighted by Gasteiger charge is 2.51. The van der Waals surface area contributed by atoms with Crippen LogP contribution in [-0.4, -0.2) is 17.9 Å². The first-order chi connectivity index (χ1) is 18.6. The molecule has 2 aromatic carbocycles. The van der Waals surface area contributed by atoms with Crippen molar-refractivity contribution in [3.05, 3.63) is 53.6 Å². The lowest BCUT2D eigenvalue weighted by Crippen LogP contribution is -2.48. The van der Waals surface area contributed by atoms with E-state index in [1.54, 1.807) is 0 Å². The van der Waals surface area contributed by atoms with Crippen LogP contribution in [0, 0.1) is 17.8 Å². The number of rotatable bonds is 15. The van der Waals surface area contributed by atoms with E-state index in [0.717, 1.165) is 42.1 Å². The molecule has 0 radical (unpaired) electrons. The van der Waals surface area contributed by atoms with Gasteiger partial charge in [-0.3, -0.25) is 4.99 Å². The van der Waals surface area contributed by atoms with E-state index in [9.17, 15) is 5.11 Å². The van der Waals surface area contributed by atoms with Gasteiger partial charge in [-0.1, -0.05) is 70.8 Å². The third-order valence-electron chi connectivity index (χ3n) is 9.63. The van der Waals surface area contributed by atoms with Crippen LogP contribution < -0.4 is 4.74 Å². The van der Waals surface area contributed by atoms with Gasteiger partial charge in [-0.15, -0.1) is 0 Å². The van der Waals surface area contributed by atoms with Crippen LogP contribution in [0.4, 0.5) is 5.69 Å². The summed E-state index contributed by atoms with van der Waals surface area (Å²) in [7, 11) is 0. The van der Waals surface area contributed by atoms with E-state index in [2.05, 4.69) is 31.2 Å². The van der Waals surface area contributed by atoms with Gasteiger partial charge in [-0.2, -0.15) is 0 Å². The minimum absolute atomic E-state index is 0.270. The van der Waals surface area contributed by atoms with Crippen molar-refractivity contribution in [1.82, 2.24) is 0 Å². The molecule has 4 aliphatic carbocycles. The maximum absolute atomic E-state index is 10.5. The second kappa shape index (κ2) is 13.2. The van der Waals surface area contributed by atoms with Crippen molar-refractivity contribution in [3.63, 3.8) is 0 Å². The molecule has 4 aliphatic rings. The fourth-order valence-electron chi connectivity index (χ4n) is 7.99. The highest BCUT2D eigenvalue weighted by Crippen LogP contribution is 2.61. The standard InChI is InChI=1S/C35H49NO2/c1-2-3-4-5-6-7-8-9-10-11-18-38-32-15-12-27(13-16-32)26-36-33-22-31(14-17-34(33)37)35-23-28-19-29(24-35)21-30(20-28)25-35/h12-17,22,26,28-30,37H,2-11,18-21,23-25H2,1H3. The Balaban J connectivity index is 1.06. The summed E-state index contributed by atoms with van der Waals surface area (Å²) in [6.45, 7) is 3.06. The molecular weight excluding hydrogens is 466 g/mol. The first kappa shape index (κ1) is 27.3. The molecule has 4 saturated carbocycles. The zero-order valence-electron chi connectivity index (χ0n) is 23.7.